The minimum absolute atomic E-state index is 0.758. The van der Waals surface area contributed by atoms with Gasteiger partial charge >= 0.3 is 0 Å². The molecule has 1 aromatic carbocycles. The third kappa shape index (κ3) is 4.41. The predicted octanol–water partition coefficient (Wildman–Crippen LogP) is 3.42. The van der Waals surface area contributed by atoms with Crippen molar-refractivity contribution in [3.63, 3.8) is 0 Å². The van der Waals surface area contributed by atoms with Crippen molar-refractivity contribution in [2.24, 2.45) is 5.92 Å². The Kier molecular flexibility index (Phi) is 6.19. The Morgan fingerprint density at radius 2 is 2.20 bits per heavy atom. The molecule has 0 amide bonds. The molecule has 2 rings (SSSR count). The number of piperidine rings is 1. The molecule has 0 aromatic heterocycles. The number of aryl methyl sites for hydroxylation is 1. The van der Waals surface area contributed by atoms with E-state index in [-0.39, 0.29) is 0 Å². The van der Waals surface area contributed by atoms with Gasteiger partial charge in [-0.1, -0.05) is 19.4 Å². The van der Waals surface area contributed by atoms with Gasteiger partial charge in [0, 0.05) is 0 Å². The van der Waals surface area contributed by atoms with Gasteiger partial charge in [-0.2, -0.15) is 0 Å². The fourth-order valence-corrected chi connectivity index (χ4v) is 2.78. The van der Waals surface area contributed by atoms with Crippen LogP contribution in [-0.4, -0.2) is 26.8 Å². The van der Waals surface area contributed by atoms with Crippen molar-refractivity contribution >= 4 is 0 Å². The fourth-order valence-electron chi connectivity index (χ4n) is 2.78. The van der Waals surface area contributed by atoms with E-state index in [9.17, 15) is 0 Å². The van der Waals surface area contributed by atoms with Crippen LogP contribution in [0.1, 0.15) is 38.2 Å². The molecule has 112 valence electrons. The highest BCUT2D eigenvalue weighted by molar-refractivity contribution is 5.43. The van der Waals surface area contributed by atoms with Crippen molar-refractivity contribution in [2.75, 3.05) is 26.8 Å². The molecule has 1 fully saturated rings. The van der Waals surface area contributed by atoms with E-state index in [4.69, 9.17) is 9.47 Å². The number of ether oxygens (including phenoxy) is 2. The molecular weight excluding hydrogens is 250 g/mol. The first-order valence-corrected chi connectivity index (χ1v) is 7.84. The summed E-state index contributed by atoms with van der Waals surface area (Å²) >= 11 is 0. The van der Waals surface area contributed by atoms with E-state index in [2.05, 4.69) is 24.4 Å². The van der Waals surface area contributed by atoms with E-state index in [1.165, 1.54) is 24.9 Å². The first-order chi connectivity index (χ1) is 9.83. The SMILES string of the molecule is CCCc1ccc(OCC[C@@H]2CCCNC2)c(OC)c1. The minimum atomic E-state index is 0.758. The van der Waals surface area contributed by atoms with Gasteiger partial charge in [0.1, 0.15) is 0 Å². The highest BCUT2D eigenvalue weighted by atomic mass is 16.5. The molecule has 1 N–H and O–H groups in total. The summed E-state index contributed by atoms with van der Waals surface area (Å²) in [7, 11) is 1.71. The molecule has 1 saturated heterocycles. The Balaban J connectivity index is 1.84. The van der Waals surface area contributed by atoms with E-state index in [0.717, 1.165) is 49.8 Å². The third-order valence-corrected chi connectivity index (χ3v) is 3.95. The molecule has 0 unspecified atom stereocenters. The van der Waals surface area contributed by atoms with Gasteiger partial charge in [-0.05, 0) is 62.4 Å². The van der Waals surface area contributed by atoms with E-state index in [1.54, 1.807) is 7.11 Å². The quantitative estimate of drug-likeness (QED) is 0.828. The summed E-state index contributed by atoms with van der Waals surface area (Å²) in [6.45, 7) is 5.27. The monoisotopic (exact) mass is 277 g/mol. The summed E-state index contributed by atoms with van der Waals surface area (Å²) in [6, 6.07) is 6.29. The van der Waals surface area contributed by atoms with Crippen LogP contribution in [0.2, 0.25) is 0 Å². The van der Waals surface area contributed by atoms with Gasteiger partial charge in [-0.15, -0.1) is 0 Å². The van der Waals surface area contributed by atoms with Gasteiger partial charge in [0.2, 0.25) is 0 Å². The van der Waals surface area contributed by atoms with Crippen LogP contribution >= 0.6 is 0 Å². The zero-order chi connectivity index (χ0) is 14.2. The molecule has 1 aliphatic rings. The highest BCUT2D eigenvalue weighted by Gasteiger charge is 2.13. The lowest BCUT2D eigenvalue weighted by molar-refractivity contribution is 0.245. The van der Waals surface area contributed by atoms with Gasteiger partial charge in [-0.3, -0.25) is 0 Å². The van der Waals surface area contributed by atoms with Crippen molar-refractivity contribution in [2.45, 2.75) is 39.0 Å². The van der Waals surface area contributed by atoms with Crippen LogP contribution in [0.25, 0.3) is 0 Å². The number of hydrogen-bond acceptors (Lipinski definition) is 3. The summed E-state index contributed by atoms with van der Waals surface area (Å²) in [5, 5.41) is 3.45. The van der Waals surface area contributed by atoms with Crippen molar-refractivity contribution in [3.8, 4) is 11.5 Å². The van der Waals surface area contributed by atoms with E-state index >= 15 is 0 Å². The molecule has 0 aliphatic carbocycles. The van der Waals surface area contributed by atoms with E-state index in [1.807, 2.05) is 6.07 Å². The largest absolute Gasteiger partial charge is 0.493 e. The van der Waals surface area contributed by atoms with E-state index < -0.39 is 0 Å². The maximum atomic E-state index is 5.91. The summed E-state index contributed by atoms with van der Waals surface area (Å²) in [6.07, 6.45) is 5.97. The average Bonchev–Trinajstić information content (AvgIpc) is 2.50. The summed E-state index contributed by atoms with van der Waals surface area (Å²) in [4.78, 5) is 0. The van der Waals surface area contributed by atoms with Gasteiger partial charge in [0.25, 0.3) is 0 Å². The van der Waals surface area contributed by atoms with Crippen molar-refractivity contribution < 1.29 is 9.47 Å². The smallest absolute Gasteiger partial charge is 0.161 e. The van der Waals surface area contributed by atoms with Crippen LogP contribution in [-0.2, 0) is 6.42 Å². The fraction of sp³-hybridized carbons (Fsp3) is 0.647. The topological polar surface area (TPSA) is 30.5 Å². The molecule has 0 spiro atoms. The molecular formula is C17H27NO2. The summed E-state index contributed by atoms with van der Waals surface area (Å²) < 4.78 is 11.3. The molecule has 0 bridgehead atoms. The zero-order valence-electron chi connectivity index (χ0n) is 12.8. The van der Waals surface area contributed by atoms with Gasteiger partial charge in [-0.25, -0.2) is 0 Å². The second-order valence-corrected chi connectivity index (χ2v) is 5.58. The Hall–Kier alpha value is -1.22. The molecule has 0 saturated carbocycles. The second kappa shape index (κ2) is 8.15. The Morgan fingerprint density at radius 3 is 2.90 bits per heavy atom. The Labute approximate surface area is 122 Å². The lowest BCUT2D eigenvalue weighted by Crippen LogP contribution is -2.30. The number of hydrogen-bond donors (Lipinski definition) is 1. The van der Waals surface area contributed by atoms with Crippen LogP contribution in [0.4, 0.5) is 0 Å². The predicted molar refractivity (Wildman–Crippen MR) is 82.7 cm³/mol. The van der Waals surface area contributed by atoms with Crippen LogP contribution in [0.5, 0.6) is 11.5 Å². The normalized spacial score (nSPS) is 18.8. The molecule has 3 nitrogen and oxygen atoms in total. The summed E-state index contributed by atoms with van der Waals surface area (Å²) in [5.41, 5.74) is 1.31. The molecule has 1 heterocycles. The molecule has 20 heavy (non-hydrogen) atoms. The number of rotatable bonds is 7. The standard InChI is InChI=1S/C17H27NO2/c1-3-5-14-7-8-16(17(12-14)19-2)20-11-9-15-6-4-10-18-13-15/h7-8,12,15,18H,3-6,9-11,13H2,1-2H3/t15-/m0/s1. The first kappa shape index (κ1) is 15.2. The number of benzene rings is 1. The average molecular weight is 277 g/mol. The van der Waals surface area contributed by atoms with Crippen LogP contribution in [0.15, 0.2) is 18.2 Å². The summed E-state index contributed by atoms with van der Waals surface area (Å²) in [5.74, 6) is 2.49. The number of methoxy groups -OCH3 is 1. The molecule has 1 aliphatic heterocycles. The molecule has 1 atom stereocenters. The molecule has 3 heteroatoms. The van der Waals surface area contributed by atoms with Crippen LogP contribution in [0, 0.1) is 5.92 Å². The third-order valence-electron chi connectivity index (χ3n) is 3.95. The lowest BCUT2D eigenvalue weighted by Gasteiger charge is -2.22. The molecule has 0 radical (unpaired) electrons. The Bertz CT molecular complexity index is 400. The van der Waals surface area contributed by atoms with Crippen LogP contribution in [0.3, 0.4) is 0 Å². The highest BCUT2D eigenvalue weighted by Crippen LogP contribution is 2.29. The zero-order valence-corrected chi connectivity index (χ0v) is 12.8. The van der Waals surface area contributed by atoms with Crippen molar-refractivity contribution in [1.29, 1.82) is 0 Å². The minimum Gasteiger partial charge on any atom is -0.493 e. The number of nitrogens with one attached hydrogen (secondary N) is 1. The maximum Gasteiger partial charge on any atom is 0.161 e. The molecule has 1 aromatic rings. The van der Waals surface area contributed by atoms with Gasteiger partial charge in [0.15, 0.2) is 11.5 Å². The second-order valence-electron chi connectivity index (χ2n) is 5.58. The van der Waals surface area contributed by atoms with E-state index in [0.29, 0.717) is 0 Å². The van der Waals surface area contributed by atoms with Gasteiger partial charge in [0.05, 0.1) is 13.7 Å². The Morgan fingerprint density at radius 1 is 1.30 bits per heavy atom. The van der Waals surface area contributed by atoms with Gasteiger partial charge < -0.3 is 14.8 Å². The van der Waals surface area contributed by atoms with Crippen molar-refractivity contribution in [3.05, 3.63) is 23.8 Å². The first-order valence-electron chi connectivity index (χ1n) is 7.84. The maximum absolute atomic E-state index is 5.91. The van der Waals surface area contributed by atoms with Crippen LogP contribution < -0.4 is 14.8 Å². The van der Waals surface area contributed by atoms with Crippen molar-refractivity contribution in [1.82, 2.24) is 5.32 Å². The lowest BCUT2D eigenvalue weighted by atomic mass is 9.97.